The monoisotopic (exact) mass is 249 g/mol. The van der Waals surface area contributed by atoms with Gasteiger partial charge in [0, 0.05) is 11.9 Å². The second kappa shape index (κ2) is 6.80. The van der Waals surface area contributed by atoms with Crippen LogP contribution in [-0.2, 0) is 0 Å². The molecule has 0 aromatic carbocycles. The molecule has 1 fully saturated rings. The van der Waals surface area contributed by atoms with E-state index in [4.69, 9.17) is 0 Å². The van der Waals surface area contributed by atoms with Crippen molar-refractivity contribution in [2.24, 2.45) is 0 Å². The molecule has 3 heteroatoms. The molecule has 78 valence electrons. The summed E-state index contributed by atoms with van der Waals surface area (Å²) in [7, 11) is 0. The number of aliphatic hydroxyl groups is 1. The minimum atomic E-state index is -0.0649. The third-order valence-electron chi connectivity index (χ3n) is 2.59. The maximum Gasteiger partial charge on any atom is 0.0667 e. The third kappa shape index (κ3) is 4.99. The Labute approximate surface area is 89.4 Å². The lowest BCUT2D eigenvalue weighted by molar-refractivity contribution is 0.0699. The summed E-state index contributed by atoms with van der Waals surface area (Å²) in [5, 5.41) is 10.6. The van der Waals surface area contributed by atoms with Gasteiger partial charge in [-0.3, -0.25) is 0 Å². The smallest absolute Gasteiger partial charge is 0.0667 e. The Morgan fingerprint density at radius 1 is 1.31 bits per heavy atom. The van der Waals surface area contributed by atoms with E-state index < -0.39 is 0 Å². The summed E-state index contributed by atoms with van der Waals surface area (Å²) in [6.45, 7) is 3.25. The zero-order valence-corrected chi connectivity index (χ0v) is 9.80. The first-order chi connectivity index (χ1) is 6.33. The number of hydrogen-bond donors (Lipinski definition) is 1. The van der Waals surface area contributed by atoms with Crippen molar-refractivity contribution < 1.29 is 5.11 Å². The first kappa shape index (κ1) is 11.5. The number of nitrogens with zero attached hydrogens (tertiary/aromatic N) is 1. The van der Waals surface area contributed by atoms with E-state index in [1.807, 2.05) is 0 Å². The van der Waals surface area contributed by atoms with Crippen molar-refractivity contribution in [2.75, 3.05) is 25.0 Å². The number of hydrogen-bond acceptors (Lipinski definition) is 2. The number of rotatable bonds is 5. The predicted octanol–water partition coefficient (Wildman–Crippen LogP) is 2.01. The first-order valence-corrected chi connectivity index (χ1v) is 6.41. The second-order valence-corrected chi connectivity index (χ2v) is 4.64. The van der Waals surface area contributed by atoms with Gasteiger partial charge in [0.2, 0.25) is 0 Å². The fourth-order valence-corrected chi connectivity index (χ4v) is 2.24. The largest absolute Gasteiger partial charge is 0.392 e. The molecule has 0 bridgehead atoms. The van der Waals surface area contributed by atoms with Gasteiger partial charge < -0.3 is 10.0 Å². The molecule has 0 radical (unpaired) electrons. The van der Waals surface area contributed by atoms with Crippen LogP contribution in [0.25, 0.3) is 0 Å². The zero-order chi connectivity index (χ0) is 9.52. The standard InChI is InChI=1S/C10H20BrNO/c11-6-2-1-3-7-12-8-4-5-10(13)9-12/h10,13H,1-9H2. The number of aliphatic hydroxyl groups excluding tert-OH is 1. The number of halogens is 1. The van der Waals surface area contributed by atoms with Crippen LogP contribution in [0, 0.1) is 0 Å². The summed E-state index contributed by atoms with van der Waals surface area (Å²) < 4.78 is 0. The van der Waals surface area contributed by atoms with Crippen LogP contribution in [0.1, 0.15) is 32.1 Å². The molecule has 0 amide bonds. The molecule has 0 spiro atoms. The van der Waals surface area contributed by atoms with Crippen LogP contribution in [0.15, 0.2) is 0 Å². The topological polar surface area (TPSA) is 23.5 Å². The lowest BCUT2D eigenvalue weighted by atomic mass is 10.1. The summed E-state index contributed by atoms with van der Waals surface area (Å²) in [5.41, 5.74) is 0. The highest BCUT2D eigenvalue weighted by Gasteiger charge is 2.16. The van der Waals surface area contributed by atoms with Crippen molar-refractivity contribution in [3.8, 4) is 0 Å². The predicted molar refractivity (Wildman–Crippen MR) is 59.3 cm³/mol. The van der Waals surface area contributed by atoms with Crippen molar-refractivity contribution in [1.82, 2.24) is 4.90 Å². The van der Waals surface area contributed by atoms with Gasteiger partial charge in [-0.1, -0.05) is 22.4 Å². The molecule has 0 saturated carbocycles. The number of alkyl halides is 1. The van der Waals surface area contributed by atoms with E-state index in [-0.39, 0.29) is 6.10 Å². The Balaban J connectivity index is 2.00. The van der Waals surface area contributed by atoms with Crippen LogP contribution in [-0.4, -0.2) is 41.1 Å². The zero-order valence-electron chi connectivity index (χ0n) is 8.21. The van der Waals surface area contributed by atoms with Crippen molar-refractivity contribution in [2.45, 2.75) is 38.2 Å². The molecule has 0 aromatic heterocycles. The van der Waals surface area contributed by atoms with Gasteiger partial charge in [-0.25, -0.2) is 0 Å². The molecule has 1 rings (SSSR count). The van der Waals surface area contributed by atoms with Crippen molar-refractivity contribution in [1.29, 1.82) is 0 Å². The van der Waals surface area contributed by atoms with Crippen LogP contribution in [0.4, 0.5) is 0 Å². The third-order valence-corrected chi connectivity index (χ3v) is 3.15. The maximum atomic E-state index is 9.43. The van der Waals surface area contributed by atoms with Gasteiger partial charge in [0.15, 0.2) is 0 Å². The Bertz CT molecular complexity index is 132. The molecule has 1 atom stereocenters. The molecular weight excluding hydrogens is 230 g/mol. The van der Waals surface area contributed by atoms with Crippen LogP contribution in [0.2, 0.25) is 0 Å². The molecule has 13 heavy (non-hydrogen) atoms. The maximum absolute atomic E-state index is 9.43. The molecule has 1 aliphatic heterocycles. The van der Waals surface area contributed by atoms with Gasteiger partial charge in [-0.15, -0.1) is 0 Å². The van der Waals surface area contributed by atoms with Gasteiger partial charge in [0.25, 0.3) is 0 Å². The summed E-state index contributed by atoms with van der Waals surface area (Å²) in [6.07, 6.45) is 5.95. The van der Waals surface area contributed by atoms with Crippen molar-refractivity contribution in [3.63, 3.8) is 0 Å². The van der Waals surface area contributed by atoms with Gasteiger partial charge in [-0.05, 0) is 38.8 Å². The van der Waals surface area contributed by atoms with E-state index in [0.29, 0.717) is 0 Å². The van der Waals surface area contributed by atoms with Crippen LogP contribution in [0.5, 0.6) is 0 Å². The molecule has 1 heterocycles. The lowest BCUT2D eigenvalue weighted by Crippen LogP contribution is -2.38. The number of β-amino-alcohol motifs (C(OH)–C–C–N with tert-alkyl or cyclic N) is 1. The molecule has 0 aliphatic carbocycles. The average Bonchev–Trinajstić information content (AvgIpc) is 2.13. The van der Waals surface area contributed by atoms with Gasteiger partial charge in [0.05, 0.1) is 6.10 Å². The molecule has 2 nitrogen and oxygen atoms in total. The number of unbranched alkanes of at least 4 members (excludes halogenated alkanes) is 2. The van der Waals surface area contributed by atoms with Crippen molar-refractivity contribution in [3.05, 3.63) is 0 Å². The van der Waals surface area contributed by atoms with E-state index in [1.54, 1.807) is 0 Å². The number of likely N-dealkylation sites (tertiary alicyclic amines) is 1. The molecule has 0 aromatic rings. The second-order valence-electron chi connectivity index (χ2n) is 3.85. The van der Waals surface area contributed by atoms with E-state index in [1.165, 1.54) is 38.8 Å². The highest BCUT2D eigenvalue weighted by Crippen LogP contribution is 2.10. The normalized spacial score (nSPS) is 24.9. The average molecular weight is 250 g/mol. The van der Waals surface area contributed by atoms with E-state index in [2.05, 4.69) is 20.8 Å². The highest BCUT2D eigenvalue weighted by atomic mass is 79.9. The van der Waals surface area contributed by atoms with Crippen LogP contribution in [0.3, 0.4) is 0 Å². The summed E-state index contributed by atoms with van der Waals surface area (Å²) in [4.78, 5) is 2.39. The van der Waals surface area contributed by atoms with Crippen LogP contribution < -0.4 is 0 Å². The fraction of sp³-hybridized carbons (Fsp3) is 1.00. The summed E-state index contributed by atoms with van der Waals surface area (Å²) in [6, 6.07) is 0. The SMILES string of the molecule is OC1CCCN(CCCCCBr)C1. The Morgan fingerprint density at radius 2 is 2.15 bits per heavy atom. The molecule has 1 unspecified atom stereocenters. The van der Waals surface area contributed by atoms with Crippen molar-refractivity contribution >= 4 is 15.9 Å². The first-order valence-electron chi connectivity index (χ1n) is 5.29. The molecule has 1 aliphatic rings. The van der Waals surface area contributed by atoms with Gasteiger partial charge >= 0.3 is 0 Å². The van der Waals surface area contributed by atoms with E-state index in [0.717, 1.165) is 18.3 Å². The minimum absolute atomic E-state index is 0.0649. The van der Waals surface area contributed by atoms with Gasteiger partial charge in [0.1, 0.15) is 0 Å². The lowest BCUT2D eigenvalue weighted by Gasteiger charge is -2.29. The van der Waals surface area contributed by atoms with Gasteiger partial charge in [-0.2, -0.15) is 0 Å². The Hall–Kier alpha value is 0.400. The quantitative estimate of drug-likeness (QED) is 0.596. The highest BCUT2D eigenvalue weighted by molar-refractivity contribution is 9.09. The molecular formula is C10H20BrNO. The summed E-state index contributed by atoms with van der Waals surface area (Å²) in [5.74, 6) is 0. The molecule has 1 N–H and O–H groups in total. The Kier molecular flexibility index (Phi) is 6.00. The molecule has 1 saturated heterocycles. The van der Waals surface area contributed by atoms with E-state index in [9.17, 15) is 5.11 Å². The number of piperidine rings is 1. The van der Waals surface area contributed by atoms with Crippen LogP contribution >= 0.6 is 15.9 Å². The summed E-state index contributed by atoms with van der Waals surface area (Å²) >= 11 is 3.43. The fourth-order valence-electron chi connectivity index (χ4n) is 1.84. The van der Waals surface area contributed by atoms with E-state index >= 15 is 0 Å². The minimum Gasteiger partial charge on any atom is -0.392 e. The Morgan fingerprint density at radius 3 is 2.85 bits per heavy atom.